The van der Waals surface area contributed by atoms with Crippen LogP contribution >= 0.6 is 11.8 Å². The first kappa shape index (κ1) is 15.6. The maximum atomic E-state index is 11.8. The Bertz CT molecular complexity index is 595. The van der Waals surface area contributed by atoms with Gasteiger partial charge in [-0.3, -0.25) is 4.79 Å². The summed E-state index contributed by atoms with van der Waals surface area (Å²) >= 11 is 1.66. The third-order valence-corrected chi connectivity index (χ3v) is 4.31. The number of carbonyl (C=O) groups is 1. The van der Waals surface area contributed by atoms with Gasteiger partial charge in [0.2, 0.25) is 5.91 Å². The Balaban J connectivity index is 1.73. The number of thioether (sulfide) groups is 1. The first-order valence-electron chi connectivity index (χ1n) is 7.09. The van der Waals surface area contributed by atoms with Crippen molar-refractivity contribution in [2.24, 2.45) is 0 Å². The lowest BCUT2D eigenvalue weighted by atomic mass is 10.1. The zero-order valence-corrected chi connectivity index (χ0v) is 13.4. The number of hydrogen-bond acceptors (Lipinski definition) is 2. The Labute approximate surface area is 131 Å². The topological polar surface area (TPSA) is 29.1 Å². The van der Waals surface area contributed by atoms with Gasteiger partial charge >= 0.3 is 0 Å². The molecule has 0 spiro atoms. The van der Waals surface area contributed by atoms with Gasteiger partial charge in [0.1, 0.15) is 0 Å². The van der Waals surface area contributed by atoms with Gasteiger partial charge in [-0.15, -0.1) is 11.8 Å². The second kappa shape index (κ2) is 7.89. The summed E-state index contributed by atoms with van der Waals surface area (Å²) in [6, 6.07) is 16.4. The van der Waals surface area contributed by atoms with Crippen LogP contribution in [-0.2, 0) is 17.1 Å². The lowest BCUT2D eigenvalue weighted by Gasteiger charge is -2.08. The molecule has 0 bridgehead atoms. The summed E-state index contributed by atoms with van der Waals surface area (Å²) in [4.78, 5) is 11.8. The van der Waals surface area contributed by atoms with Crippen LogP contribution in [0.5, 0.6) is 0 Å². The van der Waals surface area contributed by atoms with E-state index in [0.717, 1.165) is 11.3 Å². The van der Waals surface area contributed by atoms with Gasteiger partial charge in [-0.05, 0) is 30.5 Å². The number of rotatable bonds is 6. The van der Waals surface area contributed by atoms with Gasteiger partial charge < -0.3 is 5.32 Å². The van der Waals surface area contributed by atoms with Crippen molar-refractivity contribution in [2.45, 2.75) is 26.1 Å². The molecule has 1 N–H and O–H groups in total. The van der Waals surface area contributed by atoms with Crippen LogP contribution in [0.15, 0.2) is 48.5 Å². The second-order valence-electron chi connectivity index (χ2n) is 5.19. The summed E-state index contributed by atoms with van der Waals surface area (Å²) < 4.78 is 0. The maximum absolute atomic E-state index is 11.8. The smallest absolute Gasteiger partial charge is 0.230 e. The number of amides is 1. The largest absolute Gasteiger partial charge is 0.351 e. The Hall–Kier alpha value is -1.74. The molecule has 0 radical (unpaired) electrons. The number of aryl methyl sites for hydroxylation is 2. The first-order chi connectivity index (χ1) is 10.1. The van der Waals surface area contributed by atoms with E-state index in [1.165, 1.54) is 16.7 Å². The third-order valence-electron chi connectivity index (χ3n) is 3.33. The van der Waals surface area contributed by atoms with Crippen LogP contribution in [0, 0.1) is 13.8 Å². The Morgan fingerprint density at radius 1 is 1.10 bits per heavy atom. The van der Waals surface area contributed by atoms with Crippen LogP contribution in [-0.4, -0.2) is 11.7 Å². The highest BCUT2D eigenvalue weighted by atomic mass is 32.2. The fourth-order valence-electron chi connectivity index (χ4n) is 2.06. The molecular formula is C18H21NOS. The predicted octanol–water partition coefficient (Wildman–Crippen LogP) is 3.85. The van der Waals surface area contributed by atoms with Gasteiger partial charge in [0.05, 0.1) is 5.75 Å². The molecule has 3 heteroatoms. The lowest BCUT2D eigenvalue weighted by molar-refractivity contribution is -0.118. The SMILES string of the molecule is Cc1ccc(C)c(CSCC(=O)NCc2ccccc2)c1. The van der Waals surface area contributed by atoms with Crippen molar-refractivity contribution in [3.05, 3.63) is 70.8 Å². The third kappa shape index (κ3) is 5.27. The van der Waals surface area contributed by atoms with E-state index < -0.39 is 0 Å². The molecule has 110 valence electrons. The standard InChI is InChI=1S/C18H21NOS/c1-14-8-9-15(2)17(10-14)12-21-13-18(20)19-11-16-6-4-3-5-7-16/h3-10H,11-13H2,1-2H3,(H,19,20). The average Bonchev–Trinajstić information content (AvgIpc) is 2.50. The fraction of sp³-hybridized carbons (Fsp3) is 0.278. The molecule has 2 aromatic rings. The van der Waals surface area contributed by atoms with Crippen molar-refractivity contribution in [3.63, 3.8) is 0 Å². The van der Waals surface area contributed by atoms with Gasteiger partial charge in [0.25, 0.3) is 0 Å². The number of hydrogen-bond donors (Lipinski definition) is 1. The number of nitrogens with one attached hydrogen (secondary N) is 1. The minimum absolute atomic E-state index is 0.0918. The molecule has 0 saturated heterocycles. The van der Waals surface area contributed by atoms with Crippen LogP contribution in [0.1, 0.15) is 22.3 Å². The van der Waals surface area contributed by atoms with Crippen molar-refractivity contribution in [3.8, 4) is 0 Å². The molecule has 0 aliphatic carbocycles. The lowest BCUT2D eigenvalue weighted by Crippen LogP contribution is -2.24. The Morgan fingerprint density at radius 3 is 2.62 bits per heavy atom. The van der Waals surface area contributed by atoms with Crippen molar-refractivity contribution in [1.82, 2.24) is 5.32 Å². The average molecular weight is 299 g/mol. The molecule has 0 unspecified atom stereocenters. The molecule has 2 nitrogen and oxygen atoms in total. The molecule has 1 amide bonds. The van der Waals surface area contributed by atoms with Gasteiger partial charge in [0.15, 0.2) is 0 Å². The number of carbonyl (C=O) groups excluding carboxylic acids is 1. The first-order valence-corrected chi connectivity index (χ1v) is 8.25. The summed E-state index contributed by atoms with van der Waals surface area (Å²) in [5.74, 6) is 1.47. The Kier molecular flexibility index (Phi) is 5.88. The minimum Gasteiger partial charge on any atom is -0.351 e. The normalized spacial score (nSPS) is 10.4. The summed E-state index contributed by atoms with van der Waals surface area (Å²) in [5, 5.41) is 2.95. The molecule has 0 aliphatic rings. The van der Waals surface area contributed by atoms with Crippen molar-refractivity contribution < 1.29 is 4.79 Å². The van der Waals surface area contributed by atoms with Crippen LogP contribution in [0.4, 0.5) is 0 Å². The highest BCUT2D eigenvalue weighted by Gasteiger charge is 2.04. The molecule has 0 aliphatic heterocycles. The van der Waals surface area contributed by atoms with Gasteiger partial charge in [-0.1, -0.05) is 54.1 Å². The molecule has 21 heavy (non-hydrogen) atoms. The van der Waals surface area contributed by atoms with Gasteiger partial charge in [-0.25, -0.2) is 0 Å². The van der Waals surface area contributed by atoms with Crippen LogP contribution < -0.4 is 5.32 Å². The molecule has 0 saturated carbocycles. The summed E-state index contributed by atoms with van der Waals surface area (Å²) in [7, 11) is 0. The Morgan fingerprint density at radius 2 is 1.86 bits per heavy atom. The molecule has 2 rings (SSSR count). The van der Waals surface area contributed by atoms with E-state index in [1.807, 2.05) is 30.3 Å². The number of benzene rings is 2. The highest BCUT2D eigenvalue weighted by molar-refractivity contribution is 7.99. The van der Waals surface area contributed by atoms with Crippen molar-refractivity contribution in [1.29, 1.82) is 0 Å². The van der Waals surface area contributed by atoms with E-state index in [-0.39, 0.29) is 5.91 Å². The summed E-state index contributed by atoms with van der Waals surface area (Å²) in [5.41, 5.74) is 5.00. The minimum atomic E-state index is 0.0918. The quantitative estimate of drug-likeness (QED) is 0.877. The summed E-state index contributed by atoms with van der Waals surface area (Å²) in [6.07, 6.45) is 0. The van der Waals surface area contributed by atoms with Crippen LogP contribution in [0.3, 0.4) is 0 Å². The van der Waals surface area contributed by atoms with E-state index in [2.05, 4.69) is 37.4 Å². The molecule has 0 heterocycles. The zero-order chi connectivity index (χ0) is 15.1. The van der Waals surface area contributed by atoms with Crippen molar-refractivity contribution >= 4 is 17.7 Å². The van der Waals surface area contributed by atoms with E-state index in [4.69, 9.17) is 0 Å². The monoisotopic (exact) mass is 299 g/mol. The van der Waals surface area contributed by atoms with E-state index in [1.54, 1.807) is 11.8 Å². The predicted molar refractivity (Wildman–Crippen MR) is 90.4 cm³/mol. The molecule has 0 atom stereocenters. The van der Waals surface area contributed by atoms with E-state index >= 15 is 0 Å². The zero-order valence-electron chi connectivity index (χ0n) is 12.6. The highest BCUT2D eigenvalue weighted by Crippen LogP contribution is 2.17. The maximum Gasteiger partial charge on any atom is 0.230 e. The summed E-state index contributed by atoms with van der Waals surface area (Å²) in [6.45, 7) is 4.81. The van der Waals surface area contributed by atoms with Crippen LogP contribution in [0.25, 0.3) is 0 Å². The molecule has 2 aromatic carbocycles. The van der Waals surface area contributed by atoms with Gasteiger partial charge in [0, 0.05) is 12.3 Å². The molecular weight excluding hydrogens is 278 g/mol. The van der Waals surface area contributed by atoms with Crippen molar-refractivity contribution in [2.75, 3.05) is 5.75 Å². The van der Waals surface area contributed by atoms with E-state index in [0.29, 0.717) is 12.3 Å². The fourth-order valence-corrected chi connectivity index (χ4v) is 2.98. The van der Waals surface area contributed by atoms with Crippen LogP contribution in [0.2, 0.25) is 0 Å². The molecule has 0 fully saturated rings. The second-order valence-corrected chi connectivity index (χ2v) is 6.17. The van der Waals surface area contributed by atoms with Gasteiger partial charge in [-0.2, -0.15) is 0 Å². The van der Waals surface area contributed by atoms with E-state index in [9.17, 15) is 4.79 Å². The molecule has 0 aromatic heterocycles.